The van der Waals surface area contributed by atoms with E-state index < -0.39 is 0 Å². The molecule has 25 heavy (non-hydrogen) atoms. The number of amides is 1. The van der Waals surface area contributed by atoms with E-state index in [0.29, 0.717) is 23.6 Å². The van der Waals surface area contributed by atoms with Crippen molar-refractivity contribution in [1.29, 1.82) is 0 Å². The molecule has 0 radical (unpaired) electrons. The molecule has 1 saturated carbocycles. The van der Waals surface area contributed by atoms with Crippen molar-refractivity contribution in [2.45, 2.75) is 71.8 Å². The van der Waals surface area contributed by atoms with Gasteiger partial charge in [-0.25, -0.2) is 0 Å². The normalized spacial score (nSPS) is 21.0. The summed E-state index contributed by atoms with van der Waals surface area (Å²) in [5.74, 6) is 1.37. The predicted octanol–water partition coefficient (Wildman–Crippen LogP) is 4.44. The van der Waals surface area contributed by atoms with Crippen LogP contribution in [-0.4, -0.2) is 24.2 Å². The Morgan fingerprint density at radius 3 is 2.52 bits per heavy atom. The minimum atomic E-state index is 0.0471. The summed E-state index contributed by atoms with van der Waals surface area (Å²) in [6, 6.07) is 5.36. The summed E-state index contributed by atoms with van der Waals surface area (Å²) in [6.07, 6.45) is 7.50. The van der Waals surface area contributed by atoms with Gasteiger partial charge in [0.05, 0.1) is 13.5 Å². The van der Waals surface area contributed by atoms with Crippen molar-refractivity contribution < 1.29 is 14.6 Å². The average molecular weight is 347 g/mol. The van der Waals surface area contributed by atoms with E-state index in [0.717, 1.165) is 24.3 Å². The standard InChI is InChI=1S/C21H33NO3/c1-21(2,3)12-11-15-5-8-17(9-6-15)22-20(24)14-16-7-10-18(23)19(13-16)25-4/h7,10,13,15,17,23H,5-6,8-9,11-12,14H2,1-4H3,(H,22,24). The van der Waals surface area contributed by atoms with Crippen LogP contribution in [-0.2, 0) is 11.2 Å². The predicted molar refractivity (Wildman–Crippen MR) is 101 cm³/mol. The van der Waals surface area contributed by atoms with Gasteiger partial charge in [0.1, 0.15) is 0 Å². The van der Waals surface area contributed by atoms with Crippen LogP contribution in [0.15, 0.2) is 18.2 Å². The molecular formula is C21H33NO3. The zero-order chi connectivity index (χ0) is 18.4. The van der Waals surface area contributed by atoms with Gasteiger partial charge in [0.15, 0.2) is 11.5 Å². The molecule has 4 heteroatoms. The quantitative estimate of drug-likeness (QED) is 0.799. The smallest absolute Gasteiger partial charge is 0.224 e. The van der Waals surface area contributed by atoms with Gasteiger partial charge in [0.2, 0.25) is 5.91 Å². The van der Waals surface area contributed by atoms with Gasteiger partial charge < -0.3 is 15.2 Å². The van der Waals surface area contributed by atoms with E-state index in [9.17, 15) is 9.90 Å². The van der Waals surface area contributed by atoms with Crippen molar-refractivity contribution >= 4 is 5.91 Å². The highest BCUT2D eigenvalue weighted by atomic mass is 16.5. The number of phenolic OH excluding ortho intramolecular Hbond substituents is 1. The Hall–Kier alpha value is -1.71. The fraction of sp³-hybridized carbons (Fsp3) is 0.667. The molecule has 0 saturated heterocycles. The molecule has 140 valence electrons. The largest absolute Gasteiger partial charge is 0.504 e. The van der Waals surface area contributed by atoms with Crippen LogP contribution in [0.4, 0.5) is 0 Å². The van der Waals surface area contributed by atoms with Crippen molar-refractivity contribution in [2.75, 3.05) is 7.11 Å². The SMILES string of the molecule is COc1cc(CC(=O)NC2CCC(CCC(C)(C)C)CC2)ccc1O. The van der Waals surface area contributed by atoms with Crippen molar-refractivity contribution in [3.05, 3.63) is 23.8 Å². The number of aromatic hydroxyl groups is 1. The van der Waals surface area contributed by atoms with Gasteiger partial charge in [-0.3, -0.25) is 4.79 Å². The molecule has 2 N–H and O–H groups in total. The minimum Gasteiger partial charge on any atom is -0.504 e. The second kappa shape index (κ2) is 8.59. The lowest BCUT2D eigenvalue weighted by molar-refractivity contribution is -0.121. The summed E-state index contributed by atoms with van der Waals surface area (Å²) < 4.78 is 5.09. The Morgan fingerprint density at radius 1 is 1.24 bits per heavy atom. The molecule has 1 aromatic rings. The van der Waals surface area contributed by atoms with Crippen LogP contribution in [0, 0.1) is 11.3 Å². The highest BCUT2D eigenvalue weighted by Gasteiger charge is 2.23. The molecule has 2 rings (SSSR count). The molecule has 0 bridgehead atoms. The highest BCUT2D eigenvalue weighted by molar-refractivity contribution is 5.79. The van der Waals surface area contributed by atoms with Crippen LogP contribution >= 0.6 is 0 Å². The Labute approximate surface area is 152 Å². The van der Waals surface area contributed by atoms with Gasteiger partial charge in [-0.2, -0.15) is 0 Å². The van der Waals surface area contributed by atoms with E-state index in [-0.39, 0.29) is 11.7 Å². The average Bonchev–Trinajstić information content (AvgIpc) is 2.55. The summed E-state index contributed by atoms with van der Waals surface area (Å²) >= 11 is 0. The first-order valence-electron chi connectivity index (χ1n) is 9.42. The third kappa shape index (κ3) is 6.60. The van der Waals surface area contributed by atoms with Crippen LogP contribution in [0.3, 0.4) is 0 Å². The van der Waals surface area contributed by atoms with Gasteiger partial charge in [0.25, 0.3) is 0 Å². The van der Waals surface area contributed by atoms with Crippen LogP contribution in [0.5, 0.6) is 11.5 Å². The Balaban J connectivity index is 1.75. The molecule has 1 aromatic carbocycles. The molecule has 0 atom stereocenters. The number of phenols is 1. The molecule has 1 amide bonds. The first-order chi connectivity index (χ1) is 11.8. The van der Waals surface area contributed by atoms with Crippen LogP contribution in [0.1, 0.15) is 64.9 Å². The zero-order valence-electron chi connectivity index (χ0n) is 16.1. The maximum atomic E-state index is 12.3. The number of methoxy groups -OCH3 is 1. The van der Waals surface area contributed by atoms with Crippen molar-refractivity contribution in [1.82, 2.24) is 5.32 Å². The fourth-order valence-electron chi connectivity index (χ4n) is 3.53. The molecule has 0 heterocycles. The molecule has 0 aliphatic heterocycles. The van der Waals surface area contributed by atoms with Gasteiger partial charge in [0, 0.05) is 6.04 Å². The summed E-state index contributed by atoms with van der Waals surface area (Å²) in [7, 11) is 1.51. The number of nitrogens with one attached hydrogen (secondary N) is 1. The maximum absolute atomic E-state index is 12.3. The Kier molecular flexibility index (Phi) is 6.74. The number of carbonyl (C=O) groups excluding carboxylic acids is 1. The molecule has 1 fully saturated rings. The Morgan fingerprint density at radius 2 is 1.92 bits per heavy atom. The number of carbonyl (C=O) groups is 1. The Bertz CT molecular complexity index is 569. The van der Waals surface area contributed by atoms with E-state index >= 15 is 0 Å². The zero-order valence-corrected chi connectivity index (χ0v) is 16.1. The number of benzene rings is 1. The van der Waals surface area contributed by atoms with Gasteiger partial charge in [-0.15, -0.1) is 0 Å². The highest BCUT2D eigenvalue weighted by Crippen LogP contribution is 2.32. The van der Waals surface area contributed by atoms with Crippen molar-refractivity contribution in [2.24, 2.45) is 11.3 Å². The van der Waals surface area contributed by atoms with Gasteiger partial charge >= 0.3 is 0 Å². The number of ether oxygens (including phenoxy) is 1. The second-order valence-electron chi connectivity index (χ2n) is 8.57. The molecule has 0 unspecified atom stereocenters. The molecule has 0 aromatic heterocycles. The van der Waals surface area contributed by atoms with Crippen LogP contribution in [0.25, 0.3) is 0 Å². The lowest BCUT2D eigenvalue weighted by atomic mass is 9.79. The van der Waals surface area contributed by atoms with E-state index in [1.807, 2.05) is 0 Å². The van der Waals surface area contributed by atoms with Crippen molar-refractivity contribution in [3.63, 3.8) is 0 Å². The van der Waals surface area contributed by atoms with Crippen LogP contribution in [0.2, 0.25) is 0 Å². The van der Waals surface area contributed by atoms with Gasteiger partial charge in [-0.05, 0) is 67.6 Å². The van der Waals surface area contributed by atoms with E-state index in [4.69, 9.17) is 4.74 Å². The molecule has 1 aliphatic carbocycles. The summed E-state index contributed by atoms with van der Waals surface area (Å²) in [5, 5.41) is 12.8. The van der Waals surface area contributed by atoms with E-state index in [1.54, 1.807) is 18.2 Å². The van der Waals surface area contributed by atoms with Crippen molar-refractivity contribution in [3.8, 4) is 11.5 Å². The third-order valence-electron chi connectivity index (χ3n) is 5.12. The fourth-order valence-corrected chi connectivity index (χ4v) is 3.53. The lowest BCUT2D eigenvalue weighted by Gasteiger charge is -2.31. The lowest BCUT2D eigenvalue weighted by Crippen LogP contribution is -2.38. The minimum absolute atomic E-state index is 0.0471. The summed E-state index contributed by atoms with van der Waals surface area (Å²) in [5.41, 5.74) is 1.27. The first-order valence-corrected chi connectivity index (χ1v) is 9.42. The van der Waals surface area contributed by atoms with Gasteiger partial charge in [-0.1, -0.05) is 26.8 Å². The first kappa shape index (κ1) is 19.6. The number of rotatable bonds is 6. The molecule has 1 aliphatic rings. The van der Waals surface area contributed by atoms with E-state index in [1.165, 1.54) is 32.8 Å². The van der Waals surface area contributed by atoms with E-state index in [2.05, 4.69) is 26.1 Å². The van der Waals surface area contributed by atoms with Crippen LogP contribution < -0.4 is 10.1 Å². The summed E-state index contributed by atoms with van der Waals surface area (Å²) in [6.45, 7) is 6.91. The number of hydrogen-bond donors (Lipinski definition) is 2. The molecule has 0 spiro atoms. The maximum Gasteiger partial charge on any atom is 0.224 e. The second-order valence-corrected chi connectivity index (χ2v) is 8.57. The molecular weight excluding hydrogens is 314 g/mol. The monoisotopic (exact) mass is 347 g/mol. The summed E-state index contributed by atoms with van der Waals surface area (Å²) in [4.78, 5) is 12.3. The number of hydrogen-bond acceptors (Lipinski definition) is 3. The third-order valence-corrected chi connectivity index (χ3v) is 5.12. The topological polar surface area (TPSA) is 58.6 Å². The molecule has 4 nitrogen and oxygen atoms in total.